The molecule has 0 spiro atoms. The fraction of sp³-hybridized carbons (Fsp3) is 0.391. The maximum absolute atomic E-state index is 14.6. The van der Waals surface area contributed by atoms with Crippen LogP contribution in [0.5, 0.6) is 0 Å². The second-order valence-corrected chi connectivity index (χ2v) is 7.11. The summed E-state index contributed by atoms with van der Waals surface area (Å²) in [6.45, 7) is 2.21. The monoisotopic (exact) mass is 358 g/mol. The first-order chi connectivity index (χ1) is 12.6. The van der Waals surface area contributed by atoms with E-state index in [9.17, 15) is 13.2 Å². The van der Waals surface area contributed by atoms with Gasteiger partial charge in [0.1, 0.15) is 5.82 Å². The second kappa shape index (κ2) is 8.57. The zero-order chi connectivity index (χ0) is 18.5. The largest absolute Gasteiger partial charge is 0.206 e. The van der Waals surface area contributed by atoms with Crippen LogP contribution in [0.25, 0.3) is 11.1 Å². The number of rotatable bonds is 7. The third-order valence-corrected chi connectivity index (χ3v) is 5.16. The van der Waals surface area contributed by atoms with Crippen LogP contribution < -0.4 is 0 Å². The highest BCUT2D eigenvalue weighted by Gasteiger charge is 2.18. The standard InChI is InChI=1S/C23H25F3/c1-2-3-4-5-6-8-16-11-12-17-14-20(22(25)15-18(17)13-16)19-9-7-10-21(24)23(19)26/h7,9-11,14-15H,2-6,8,12-13H2,1H3. The van der Waals surface area contributed by atoms with Crippen LogP contribution in [-0.2, 0) is 12.8 Å². The van der Waals surface area contributed by atoms with E-state index in [2.05, 4.69) is 13.0 Å². The average molecular weight is 358 g/mol. The van der Waals surface area contributed by atoms with Gasteiger partial charge in [0.15, 0.2) is 11.6 Å². The van der Waals surface area contributed by atoms with Gasteiger partial charge in [0.25, 0.3) is 0 Å². The van der Waals surface area contributed by atoms with Gasteiger partial charge in [-0.1, -0.05) is 56.4 Å². The second-order valence-electron chi connectivity index (χ2n) is 7.11. The maximum Gasteiger partial charge on any atom is 0.166 e. The van der Waals surface area contributed by atoms with Crippen molar-refractivity contribution in [2.45, 2.75) is 58.3 Å². The molecule has 0 unspecified atom stereocenters. The van der Waals surface area contributed by atoms with Gasteiger partial charge in [-0.3, -0.25) is 0 Å². The Morgan fingerprint density at radius 1 is 0.846 bits per heavy atom. The van der Waals surface area contributed by atoms with Gasteiger partial charge in [-0.05, 0) is 55.0 Å². The zero-order valence-electron chi connectivity index (χ0n) is 15.3. The minimum absolute atomic E-state index is 0.0176. The molecule has 138 valence electrons. The lowest BCUT2D eigenvalue weighted by molar-refractivity contribution is 0.510. The number of halogens is 3. The third-order valence-electron chi connectivity index (χ3n) is 5.16. The van der Waals surface area contributed by atoms with E-state index in [0.29, 0.717) is 0 Å². The highest BCUT2D eigenvalue weighted by atomic mass is 19.2. The van der Waals surface area contributed by atoms with Crippen LogP contribution in [0, 0.1) is 17.5 Å². The lowest BCUT2D eigenvalue weighted by Crippen LogP contribution is -2.05. The first-order valence-electron chi connectivity index (χ1n) is 9.53. The van der Waals surface area contributed by atoms with Crippen LogP contribution in [0.4, 0.5) is 13.2 Å². The van der Waals surface area contributed by atoms with Crippen molar-refractivity contribution in [3.05, 3.63) is 70.6 Å². The van der Waals surface area contributed by atoms with Gasteiger partial charge in [-0.15, -0.1) is 0 Å². The van der Waals surface area contributed by atoms with E-state index in [0.717, 1.165) is 36.5 Å². The Morgan fingerprint density at radius 3 is 2.46 bits per heavy atom. The molecule has 0 saturated carbocycles. The van der Waals surface area contributed by atoms with Crippen LogP contribution in [0.1, 0.15) is 56.6 Å². The van der Waals surface area contributed by atoms with Gasteiger partial charge >= 0.3 is 0 Å². The third kappa shape index (κ3) is 4.20. The highest BCUT2D eigenvalue weighted by molar-refractivity contribution is 5.67. The van der Waals surface area contributed by atoms with E-state index >= 15 is 0 Å². The lowest BCUT2D eigenvalue weighted by atomic mass is 9.87. The summed E-state index contributed by atoms with van der Waals surface area (Å²) < 4.78 is 42.1. The Balaban J connectivity index is 1.74. The fourth-order valence-corrected chi connectivity index (χ4v) is 3.65. The summed E-state index contributed by atoms with van der Waals surface area (Å²) in [5.41, 5.74) is 3.44. The normalized spacial score (nSPS) is 13.5. The molecule has 26 heavy (non-hydrogen) atoms. The predicted octanol–water partition coefficient (Wildman–Crippen LogP) is 7.16. The van der Waals surface area contributed by atoms with Gasteiger partial charge in [0, 0.05) is 11.1 Å². The molecule has 1 aliphatic rings. The quantitative estimate of drug-likeness (QED) is 0.364. The number of hydrogen-bond acceptors (Lipinski definition) is 0. The highest BCUT2D eigenvalue weighted by Crippen LogP contribution is 2.33. The molecule has 0 fully saturated rings. The van der Waals surface area contributed by atoms with Crippen molar-refractivity contribution in [3.8, 4) is 11.1 Å². The number of fused-ring (bicyclic) bond motifs is 1. The van der Waals surface area contributed by atoms with E-state index in [1.807, 2.05) is 0 Å². The predicted molar refractivity (Wildman–Crippen MR) is 101 cm³/mol. The first kappa shape index (κ1) is 18.8. The molecule has 2 aromatic carbocycles. The number of benzene rings is 2. The average Bonchev–Trinajstić information content (AvgIpc) is 2.63. The van der Waals surface area contributed by atoms with Crippen molar-refractivity contribution in [2.75, 3.05) is 0 Å². The van der Waals surface area contributed by atoms with Gasteiger partial charge in [-0.25, -0.2) is 13.2 Å². The molecule has 0 aromatic heterocycles. The van der Waals surface area contributed by atoms with Crippen LogP contribution in [0.15, 0.2) is 42.0 Å². The summed E-state index contributed by atoms with van der Waals surface area (Å²) in [6, 6.07) is 7.05. The SMILES string of the molecule is CCCCCCCC1=CCc2cc(-c3cccc(F)c3F)c(F)cc2C1. The number of unbranched alkanes of at least 4 members (excludes halogenated alkanes) is 4. The number of hydrogen-bond donors (Lipinski definition) is 0. The summed E-state index contributed by atoms with van der Waals surface area (Å²) in [7, 11) is 0. The van der Waals surface area contributed by atoms with Crippen molar-refractivity contribution in [2.24, 2.45) is 0 Å². The van der Waals surface area contributed by atoms with Gasteiger partial charge < -0.3 is 0 Å². The summed E-state index contributed by atoms with van der Waals surface area (Å²) >= 11 is 0. The van der Waals surface area contributed by atoms with Crippen LogP contribution in [-0.4, -0.2) is 0 Å². The summed E-state index contributed by atoms with van der Waals surface area (Å²) in [4.78, 5) is 0. The van der Waals surface area contributed by atoms with E-state index < -0.39 is 17.5 Å². The molecule has 0 radical (unpaired) electrons. The molecular weight excluding hydrogens is 333 g/mol. The Morgan fingerprint density at radius 2 is 1.65 bits per heavy atom. The molecule has 0 atom stereocenters. The van der Waals surface area contributed by atoms with Crippen molar-refractivity contribution in [1.82, 2.24) is 0 Å². The van der Waals surface area contributed by atoms with E-state index in [1.165, 1.54) is 55.9 Å². The van der Waals surface area contributed by atoms with Crippen LogP contribution >= 0.6 is 0 Å². The molecule has 0 saturated heterocycles. The Bertz CT molecular complexity index is 805. The summed E-state index contributed by atoms with van der Waals surface area (Å²) in [5.74, 6) is -2.44. The Hall–Kier alpha value is -2.03. The molecular formula is C23H25F3. The topological polar surface area (TPSA) is 0 Å². The van der Waals surface area contributed by atoms with Crippen LogP contribution in [0.2, 0.25) is 0 Å². The molecule has 0 aliphatic heterocycles. The smallest absolute Gasteiger partial charge is 0.166 e. The first-order valence-corrected chi connectivity index (χ1v) is 9.53. The molecule has 0 nitrogen and oxygen atoms in total. The molecule has 3 heteroatoms. The fourth-order valence-electron chi connectivity index (χ4n) is 3.65. The van der Waals surface area contributed by atoms with E-state index in [1.54, 1.807) is 6.07 Å². The Labute approximate surface area is 153 Å². The lowest BCUT2D eigenvalue weighted by Gasteiger charge is -2.19. The molecule has 0 N–H and O–H groups in total. The zero-order valence-corrected chi connectivity index (χ0v) is 15.3. The molecule has 0 heterocycles. The summed E-state index contributed by atoms with van der Waals surface area (Å²) in [5, 5.41) is 0. The molecule has 1 aliphatic carbocycles. The van der Waals surface area contributed by atoms with Crippen molar-refractivity contribution < 1.29 is 13.2 Å². The van der Waals surface area contributed by atoms with Gasteiger partial charge in [-0.2, -0.15) is 0 Å². The van der Waals surface area contributed by atoms with Gasteiger partial charge in [0.05, 0.1) is 0 Å². The van der Waals surface area contributed by atoms with Crippen molar-refractivity contribution >= 4 is 0 Å². The maximum atomic E-state index is 14.6. The minimum Gasteiger partial charge on any atom is -0.206 e. The molecule has 2 aromatic rings. The van der Waals surface area contributed by atoms with Crippen molar-refractivity contribution in [3.63, 3.8) is 0 Å². The molecule has 3 rings (SSSR count). The summed E-state index contributed by atoms with van der Waals surface area (Å²) in [6.07, 6.45) is 11.0. The van der Waals surface area contributed by atoms with E-state index in [-0.39, 0.29) is 11.1 Å². The molecule has 0 amide bonds. The number of allylic oxidation sites excluding steroid dienone is 2. The Kier molecular flexibility index (Phi) is 6.18. The van der Waals surface area contributed by atoms with Gasteiger partial charge in [0.2, 0.25) is 0 Å². The minimum atomic E-state index is -0.995. The van der Waals surface area contributed by atoms with Crippen molar-refractivity contribution in [1.29, 1.82) is 0 Å². The van der Waals surface area contributed by atoms with Crippen LogP contribution in [0.3, 0.4) is 0 Å². The van der Waals surface area contributed by atoms with E-state index in [4.69, 9.17) is 0 Å². The molecule has 0 bridgehead atoms.